The van der Waals surface area contributed by atoms with Gasteiger partial charge in [-0.3, -0.25) is 9.59 Å². The molecule has 1 aliphatic heterocycles. The van der Waals surface area contributed by atoms with Gasteiger partial charge in [0.2, 0.25) is 0 Å². The van der Waals surface area contributed by atoms with E-state index in [1.165, 1.54) is 19.3 Å². The monoisotopic (exact) mass is 208 g/mol. The van der Waals surface area contributed by atoms with Gasteiger partial charge >= 0.3 is 11.9 Å². The van der Waals surface area contributed by atoms with E-state index in [9.17, 15) is 9.59 Å². The van der Waals surface area contributed by atoms with Crippen molar-refractivity contribution in [1.29, 1.82) is 0 Å². The average molecular weight is 208 g/mol. The first-order valence-corrected chi connectivity index (χ1v) is 5.66. The van der Waals surface area contributed by atoms with Crippen LogP contribution in [0.15, 0.2) is 11.6 Å². The molecule has 0 aromatic carbocycles. The Bertz CT molecular complexity index is 330. The van der Waals surface area contributed by atoms with E-state index >= 15 is 0 Å². The summed E-state index contributed by atoms with van der Waals surface area (Å²) in [6.07, 6.45) is 7.87. The summed E-state index contributed by atoms with van der Waals surface area (Å²) in [6.45, 7) is 2.17. The molecule has 0 amide bonds. The van der Waals surface area contributed by atoms with E-state index in [2.05, 4.69) is 11.7 Å². The van der Waals surface area contributed by atoms with Crippen molar-refractivity contribution in [3.05, 3.63) is 11.6 Å². The van der Waals surface area contributed by atoms with Gasteiger partial charge in [-0.05, 0) is 12.8 Å². The maximum atomic E-state index is 11.4. The molecule has 1 atom stereocenters. The molecule has 1 aliphatic carbocycles. The highest BCUT2D eigenvalue weighted by Gasteiger charge is 2.58. The van der Waals surface area contributed by atoms with Gasteiger partial charge in [-0.1, -0.05) is 37.8 Å². The van der Waals surface area contributed by atoms with Gasteiger partial charge < -0.3 is 4.74 Å². The fourth-order valence-electron chi connectivity index (χ4n) is 2.18. The summed E-state index contributed by atoms with van der Waals surface area (Å²) >= 11 is 0. The standard InChI is InChI=1S/C12H16O3/c1-2-3-4-5-6-9-7-12(9)8-10(13)15-11(12)14/h7H,2-6,8H2,1H3. The molecule has 3 heteroatoms. The number of rotatable bonds is 5. The Labute approximate surface area is 89.5 Å². The van der Waals surface area contributed by atoms with Crippen molar-refractivity contribution in [1.82, 2.24) is 0 Å². The molecule has 3 nitrogen and oxygen atoms in total. The van der Waals surface area contributed by atoms with Crippen LogP contribution in [0.3, 0.4) is 0 Å². The molecule has 1 unspecified atom stereocenters. The van der Waals surface area contributed by atoms with Crippen molar-refractivity contribution in [3.63, 3.8) is 0 Å². The van der Waals surface area contributed by atoms with Crippen molar-refractivity contribution in [3.8, 4) is 0 Å². The third kappa shape index (κ3) is 1.83. The quantitative estimate of drug-likeness (QED) is 0.301. The zero-order valence-electron chi connectivity index (χ0n) is 9.04. The number of carbonyl (C=O) groups excluding carboxylic acids is 2. The van der Waals surface area contributed by atoms with Crippen LogP contribution in [-0.2, 0) is 14.3 Å². The lowest BCUT2D eigenvalue weighted by Crippen LogP contribution is -2.12. The van der Waals surface area contributed by atoms with E-state index in [1.54, 1.807) is 0 Å². The van der Waals surface area contributed by atoms with Gasteiger partial charge in [0.1, 0.15) is 5.41 Å². The lowest BCUT2D eigenvalue weighted by Gasteiger charge is -2.03. The number of carbonyl (C=O) groups is 2. The van der Waals surface area contributed by atoms with E-state index in [4.69, 9.17) is 0 Å². The maximum Gasteiger partial charge on any atom is 0.328 e. The Morgan fingerprint density at radius 2 is 2.13 bits per heavy atom. The van der Waals surface area contributed by atoms with Gasteiger partial charge in [-0.25, -0.2) is 0 Å². The minimum atomic E-state index is -0.580. The maximum absolute atomic E-state index is 11.4. The molecular weight excluding hydrogens is 192 g/mol. The molecule has 2 aliphatic rings. The summed E-state index contributed by atoms with van der Waals surface area (Å²) in [5.74, 6) is -0.724. The lowest BCUT2D eigenvalue weighted by atomic mass is 9.96. The van der Waals surface area contributed by atoms with Crippen LogP contribution in [0.4, 0.5) is 0 Å². The molecule has 0 N–H and O–H groups in total. The zero-order chi connectivity index (χ0) is 10.9. The Kier molecular flexibility index (Phi) is 2.63. The Hall–Kier alpha value is -1.12. The van der Waals surface area contributed by atoms with Crippen LogP contribution in [0.25, 0.3) is 0 Å². The van der Waals surface area contributed by atoms with Crippen LogP contribution in [0.2, 0.25) is 0 Å². The topological polar surface area (TPSA) is 43.4 Å². The fraction of sp³-hybridized carbons (Fsp3) is 0.667. The highest BCUT2D eigenvalue weighted by molar-refractivity contribution is 6.04. The molecule has 1 saturated heterocycles. The van der Waals surface area contributed by atoms with Crippen molar-refractivity contribution in [2.45, 2.75) is 45.4 Å². The normalized spacial score (nSPS) is 28.2. The molecule has 0 aromatic rings. The molecule has 0 radical (unpaired) electrons. The van der Waals surface area contributed by atoms with Crippen LogP contribution in [0, 0.1) is 5.41 Å². The minimum Gasteiger partial charge on any atom is -0.392 e. The summed E-state index contributed by atoms with van der Waals surface area (Å²) in [4.78, 5) is 22.3. The van der Waals surface area contributed by atoms with Crippen LogP contribution in [-0.4, -0.2) is 11.9 Å². The number of ether oxygens (including phenoxy) is 1. The molecule has 82 valence electrons. The molecule has 0 saturated carbocycles. The SMILES string of the molecule is CCCCCCC1=CC12CC(=O)OC2=O. The molecule has 0 aromatic heterocycles. The van der Waals surface area contributed by atoms with E-state index in [-0.39, 0.29) is 18.4 Å². The van der Waals surface area contributed by atoms with Crippen LogP contribution in [0.5, 0.6) is 0 Å². The highest BCUT2D eigenvalue weighted by atomic mass is 16.6. The first-order valence-electron chi connectivity index (χ1n) is 5.66. The molecule has 2 rings (SSSR count). The number of unbranched alkanes of at least 4 members (excludes halogenated alkanes) is 3. The number of hydrogen-bond acceptors (Lipinski definition) is 3. The van der Waals surface area contributed by atoms with Crippen molar-refractivity contribution in [2.24, 2.45) is 5.41 Å². The van der Waals surface area contributed by atoms with Crippen molar-refractivity contribution >= 4 is 11.9 Å². The van der Waals surface area contributed by atoms with Crippen LogP contribution >= 0.6 is 0 Å². The minimum absolute atomic E-state index is 0.245. The molecule has 0 bridgehead atoms. The Balaban J connectivity index is 1.77. The summed E-state index contributed by atoms with van der Waals surface area (Å²) in [7, 11) is 0. The predicted molar refractivity (Wildman–Crippen MR) is 55.0 cm³/mol. The van der Waals surface area contributed by atoms with Crippen molar-refractivity contribution < 1.29 is 14.3 Å². The Morgan fingerprint density at radius 1 is 1.33 bits per heavy atom. The number of cyclic esters (lactones) is 2. The van der Waals surface area contributed by atoms with Gasteiger partial charge in [0, 0.05) is 0 Å². The van der Waals surface area contributed by atoms with Gasteiger partial charge in [-0.2, -0.15) is 0 Å². The van der Waals surface area contributed by atoms with E-state index in [0.717, 1.165) is 18.4 Å². The van der Waals surface area contributed by atoms with Crippen molar-refractivity contribution in [2.75, 3.05) is 0 Å². The summed E-state index contributed by atoms with van der Waals surface area (Å²) in [5, 5.41) is 0. The van der Waals surface area contributed by atoms with Crippen LogP contribution < -0.4 is 0 Å². The first kappa shape index (κ1) is 10.4. The second-order valence-electron chi connectivity index (χ2n) is 4.39. The zero-order valence-corrected chi connectivity index (χ0v) is 9.04. The Morgan fingerprint density at radius 3 is 2.73 bits per heavy atom. The molecule has 1 heterocycles. The van der Waals surface area contributed by atoms with Gasteiger partial charge in [0.25, 0.3) is 0 Å². The predicted octanol–water partition coefficient (Wildman–Crippen LogP) is 2.36. The molecule has 1 fully saturated rings. The second kappa shape index (κ2) is 3.80. The first-order chi connectivity index (χ1) is 7.19. The lowest BCUT2D eigenvalue weighted by molar-refractivity contribution is -0.153. The van der Waals surface area contributed by atoms with E-state index < -0.39 is 5.41 Å². The molecular formula is C12H16O3. The third-order valence-corrected chi connectivity index (χ3v) is 3.20. The largest absolute Gasteiger partial charge is 0.392 e. The van der Waals surface area contributed by atoms with Gasteiger partial charge in [0.05, 0.1) is 6.42 Å². The fourth-order valence-corrected chi connectivity index (χ4v) is 2.18. The summed E-state index contributed by atoms with van der Waals surface area (Å²) in [6, 6.07) is 0. The van der Waals surface area contributed by atoms with E-state index in [1.807, 2.05) is 6.08 Å². The van der Waals surface area contributed by atoms with Crippen LogP contribution in [0.1, 0.15) is 45.4 Å². The van der Waals surface area contributed by atoms with Gasteiger partial charge in [0.15, 0.2) is 0 Å². The average Bonchev–Trinajstić information content (AvgIpc) is 2.79. The van der Waals surface area contributed by atoms with Gasteiger partial charge in [-0.15, -0.1) is 0 Å². The molecule has 15 heavy (non-hydrogen) atoms. The van der Waals surface area contributed by atoms with E-state index in [0.29, 0.717) is 0 Å². The highest BCUT2D eigenvalue weighted by Crippen LogP contribution is 2.53. The summed E-state index contributed by atoms with van der Waals surface area (Å²) < 4.78 is 4.57. The third-order valence-electron chi connectivity index (χ3n) is 3.20. The summed E-state index contributed by atoms with van der Waals surface area (Å²) in [5.41, 5.74) is 0.540. The number of esters is 2. The molecule has 1 spiro atoms. The smallest absolute Gasteiger partial charge is 0.328 e. The second-order valence-corrected chi connectivity index (χ2v) is 4.39. The number of hydrogen-bond donors (Lipinski definition) is 0.